The van der Waals surface area contributed by atoms with Gasteiger partial charge in [0.15, 0.2) is 5.69 Å². The van der Waals surface area contributed by atoms with E-state index in [0.717, 1.165) is 11.8 Å². The van der Waals surface area contributed by atoms with Gasteiger partial charge in [0.05, 0.1) is 0 Å². The smallest absolute Gasteiger partial charge is 0.368 e. The summed E-state index contributed by atoms with van der Waals surface area (Å²) < 4.78 is 38.1. The summed E-state index contributed by atoms with van der Waals surface area (Å²) >= 11 is 1.79. The molecule has 106 valence electrons. The van der Waals surface area contributed by atoms with Crippen molar-refractivity contribution in [2.75, 3.05) is 29.5 Å². The van der Waals surface area contributed by atoms with Crippen LogP contribution in [0.15, 0.2) is 6.07 Å². The van der Waals surface area contributed by atoms with Crippen molar-refractivity contribution in [1.82, 2.24) is 9.97 Å². The Morgan fingerprint density at radius 2 is 2.05 bits per heavy atom. The molecule has 1 aliphatic heterocycles. The highest BCUT2D eigenvalue weighted by Gasteiger charge is 2.35. The van der Waals surface area contributed by atoms with Gasteiger partial charge in [-0.25, -0.2) is 4.98 Å². The molecule has 4 nitrogen and oxygen atoms in total. The second-order valence-electron chi connectivity index (χ2n) is 5.00. The fourth-order valence-corrected chi connectivity index (χ4v) is 3.08. The molecule has 0 amide bonds. The molecular formula is C11H15F3N4S. The summed E-state index contributed by atoms with van der Waals surface area (Å²) in [5.74, 6) is 0.743. The van der Waals surface area contributed by atoms with Gasteiger partial charge in [-0.15, -0.1) is 0 Å². The third kappa shape index (κ3) is 3.43. The number of thioether (sulfide) groups is 1. The molecule has 8 heteroatoms. The predicted molar refractivity (Wildman–Crippen MR) is 70.2 cm³/mol. The molecule has 1 aromatic heterocycles. The van der Waals surface area contributed by atoms with Crippen LogP contribution in [-0.4, -0.2) is 33.6 Å². The molecule has 0 spiro atoms. The van der Waals surface area contributed by atoms with E-state index in [4.69, 9.17) is 5.73 Å². The summed E-state index contributed by atoms with van der Waals surface area (Å²) in [5, 5.41) is 0. The highest BCUT2D eigenvalue weighted by molar-refractivity contribution is 8.00. The molecule has 0 aliphatic carbocycles. The van der Waals surface area contributed by atoms with Crippen LogP contribution in [0.4, 0.5) is 24.9 Å². The van der Waals surface area contributed by atoms with Gasteiger partial charge in [-0.2, -0.15) is 29.9 Å². The van der Waals surface area contributed by atoms with E-state index in [2.05, 4.69) is 23.8 Å². The van der Waals surface area contributed by atoms with Crippen LogP contribution in [0, 0.1) is 0 Å². The van der Waals surface area contributed by atoms with Gasteiger partial charge in [0.25, 0.3) is 0 Å². The van der Waals surface area contributed by atoms with Crippen molar-refractivity contribution >= 4 is 23.5 Å². The Bertz CT molecular complexity index is 475. The molecule has 1 saturated heterocycles. The summed E-state index contributed by atoms with van der Waals surface area (Å²) in [6.07, 6.45) is -4.51. The van der Waals surface area contributed by atoms with Crippen molar-refractivity contribution < 1.29 is 13.2 Å². The minimum atomic E-state index is -4.51. The zero-order chi connectivity index (χ0) is 14.3. The maximum Gasteiger partial charge on any atom is 0.433 e. The lowest BCUT2D eigenvalue weighted by molar-refractivity contribution is -0.141. The first-order valence-electron chi connectivity index (χ1n) is 5.78. The Balaban J connectivity index is 2.32. The highest BCUT2D eigenvalue weighted by Crippen LogP contribution is 2.34. The minimum Gasteiger partial charge on any atom is -0.368 e. The van der Waals surface area contributed by atoms with Gasteiger partial charge in [-0.3, -0.25) is 0 Å². The summed E-state index contributed by atoms with van der Waals surface area (Å²) in [7, 11) is 0. The molecule has 1 fully saturated rings. The Morgan fingerprint density at radius 3 is 2.63 bits per heavy atom. The molecule has 0 bridgehead atoms. The van der Waals surface area contributed by atoms with E-state index in [1.165, 1.54) is 0 Å². The van der Waals surface area contributed by atoms with E-state index in [0.29, 0.717) is 13.1 Å². The molecule has 1 aliphatic rings. The van der Waals surface area contributed by atoms with Crippen LogP contribution in [0.5, 0.6) is 0 Å². The maximum atomic E-state index is 12.7. The molecular weight excluding hydrogens is 277 g/mol. The van der Waals surface area contributed by atoms with E-state index in [9.17, 15) is 13.2 Å². The quantitative estimate of drug-likeness (QED) is 0.861. The van der Waals surface area contributed by atoms with Gasteiger partial charge < -0.3 is 10.6 Å². The van der Waals surface area contributed by atoms with Crippen LogP contribution in [0.2, 0.25) is 0 Å². The average Bonchev–Trinajstić information content (AvgIpc) is 2.25. The van der Waals surface area contributed by atoms with Crippen molar-refractivity contribution in [1.29, 1.82) is 0 Å². The Morgan fingerprint density at radius 1 is 1.37 bits per heavy atom. The second kappa shape index (κ2) is 4.73. The molecule has 0 aromatic carbocycles. The highest BCUT2D eigenvalue weighted by atomic mass is 32.2. The monoisotopic (exact) mass is 292 g/mol. The third-order valence-electron chi connectivity index (χ3n) is 2.77. The molecule has 0 atom stereocenters. The molecule has 19 heavy (non-hydrogen) atoms. The van der Waals surface area contributed by atoms with Crippen molar-refractivity contribution in [2.45, 2.75) is 24.8 Å². The van der Waals surface area contributed by atoms with Gasteiger partial charge in [0, 0.05) is 29.7 Å². The van der Waals surface area contributed by atoms with Crippen LogP contribution in [0.1, 0.15) is 19.5 Å². The number of hydrogen-bond acceptors (Lipinski definition) is 5. The van der Waals surface area contributed by atoms with Gasteiger partial charge in [0.1, 0.15) is 5.82 Å². The summed E-state index contributed by atoms with van der Waals surface area (Å²) in [5.41, 5.74) is 4.38. The first-order valence-corrected chi connectivity index (χ1v) is 6.77. The number of alkyl halides is 3. The number of halogens is 3. The van der Waals surface area contributed by atoms with Gasteiger partial charge >= 0.3 is 6.18 Å². The van der Waals surface area contributed by atoms with Crippen molar-refractivity contribution in [3.63, 3.8) is 0 Å². The van der Waals surface area contributed by atoms with E-state index >= 15 is 0 Å². The normalized spacial score (nSPS) is 19.5. The number of nitrogens with zero attached hydrogens (tertiary/aromatic N) is 3. The number of nitrogens with two attached hydrogens (primary N) is 1. The van der Waals surface area contributed by atoms with Gasteiger partial charge in [-0.05, 0) is 13.8 Å². The number of anilines is 2. The second-order valence-corrected chi connectivity index (χ2v) is 6.80. The summed E-state index contributed by atoms with van der Waals surface area (Å²) in [6.45, 7) is 5.39. The van der Waals surface area contributed by atoms with E-state index < -0.39 is 11.9 Å². The van der Waals surface area contributed by atoms with Crippen LogP contribution >= 0.6 is 11.8 Å². The Labute approximate surface area is 113 Å². The zero-order valence-electron chi connectivity index (χ0n) is 10.7. The third-order valence-corrected chi connectivity index (χ3v) is 4.07. The van der Waals surface area contributed by atoms with E-state index in [-0.39, 0.29) is 16.5 Å². The standard InChI is InChI=1S/C11H15F3N4S/c1-10(2)6-18(3-4-19-10)8-5-7(11(12,13)14)16-9(15)17-8/h5H,3-4,6H2,1-2H3,(H2,15,16,17). The maximum absolute atomic E-state index is 12.7. The van der Waals surface area contributed by atoms with Crippen LogP contribution < -0.4 is 10.6 Å². The first kappa shape index (κ1) is 14.2. The van der Waals surface area contributed by atoms with Crippen molar-refractivity contribution in [3.8, 4) is 0 Å². The summed E-state index contributed by atoms with van der Waals surface area (Å²) in [6, 6.07) is 0.961. The van der Waals surface area contributed by atoms with Crippen molar-refractivity contribution in [3.05, 3.63) is 11.8 Å². The average molecular weight is 292 g/mol. The number of rotatable bonds is 1. The van der Waals surface area contributed by atoms with Crippen LogP contribution in [-0.2, 0) is 6.18 Å². The largest absolute Gasteiger partial charge is 0.433 e. The van der Waals surface area contributed by atoms with E-state index in [1.54, 1.807) is 11.8 Å². The zero-order valence-corrected chi connectivity index (χ0v) is 11.5. The fraction of sp³-hybridized carbons (Fsp3) is 0.636. The molecule has 2 N–H and O–H groups in total. The van der Waals surface area contributed by atoms with Crippen LogP contribution in [0.25, 0.3) is 0 Å². The molecule has 0 unspecified atom stereocenters. The summed E-state index contributed by atoms with van der Waals surface area (Å²) in [4.78, 5) is 8.99. The molecule has 0 radical (unpaired) electrons. The Kier molecular flexibility index (Phi) is 3.55. The lowest BCUT2D eigenvalue weighted by Crippen LogP contribution is -2.43. The first-order chi connectivity index (χ1) is 8.67. The molecule has 0 saturated carbocycles. The van der Waals surface area contributed by atoms with Crippen LogP contribution in [0.3, 0.4) is 0 Å². The lowest BCUT2D eigenvalue weighted by atomic mass is 10.2. The SMILES string of the molecule is CC1(C)CN(c2cc(C(F)(F)F)nc(N)n2)CCS1. The molecule has 1 aromatic rings. The lowest BCUT2D eigenvalue weighted by Gasteiger charge is -2.38. The molecule has 2 heterocycles. The van der Waals surface area contributed by atoms with Crippen molar-refractivity contribution in [2.24, 2.45) is 0 Å². The topological polar surface area (TPSA) is 55.0 Å². The van der Waals surface area contributed by atoms with Gasteiger partial charge in [-0.1, -0.05) is 0 Å². The number of aromatic nitrogens is 2. The van der Waals surface area contributed by atoms with E-state index in [1.807, 2.05) is 4.90 Å². The minimum absolute atomic E-state index is 0.0175. The number of hydrogen-bond donors (Lipinski definition) is 1. The fourth-order valence-electron chi connectivity index (χ4n) is 1.97. The number of nitrogen functional groups attached to an aromatic ring is 1. The van der Waals surface area contributed by atoms with Gasteiger partial charge in [0.2, 0.25) is 5.95 Å². The Hall–Kier alpha value is -1.18. The molecule has 2 rings (SSSR count). The predicted octanol–water partition coefficient (Wildman–Crippen LogP) is 2.41.